The standard InChI is InChI=1S/C12H19N3O3S/c1-9(13)7-15-19(17,18)12-5-3-11(4-6-12)8-14-10(2)16/h3-6,9,15H,7-8,13H2,1-2H3,(H,14,16). The van der Waals surface area contributed by atoms with E-state index in [4.69, 9.17) is 5.73 Å². The fourth-order valence-corrected chi connectivity index (χ4v) is 2.48. The van der Waals surface area contributed by atoms with Gasteiger partial charge < -0.3 is 11.1 Å². The lowest BCUT2D eigenvalue weighted by molar-refractivity contribution is -0.119. The van der Waals surface area contributed by atoms with Gasteiger partial charge in [-0.05, 0) is 24.6 Å². The number of nitrogens with one attached hydrogen (secondary N) is 2. The lowest BCUT2D eigenvalue weighted by Gasteiger charge is -2.09. The molecule has 0 aliphatic heterocycles. The van der Waals surface area contributed by atoms with E-state index in [2.05, 4.69) is 10.0 Å². The van der Waals surface area contributed by atoms with Gasteiger partial charge in [0, 0.05) is 26.1 Å². The summed E-state index contributed by atoms with van der Waals surface area (Å²) in [6.45, 7) is 3.72. The third-order valence-corrected chi connectivity index (χ3v) is 3.81. The van der Waals surface area contributed by atoms with Crippen LogP contribution >= 0.6 is 0 Å². The second kappa shape index (κ2) is 6.65. The van der Waals surface area contributed by atoms with E-state index >= 15 is 0 Å². The summed E-state index contributed by atoms with van der Waals surface area (Å²) in [6, 6.07) is 6.09. The van der Waals surface area contributed by atoms with E-state index in [-0.39, 0.29) is 23.4 Å². The molecule has 0 fully saturated rings. The van der Waals surface area contributed by atoms with Crippen LogP contribution in [-0.2, 0) is 21.4 Å². The van der Waals surface area contributed by atoms with Gasteiger partial charge in [0.1, 0.15) is 0 Å². The van der Waals surface area contributed by atoms with Crippen LogP contribution in [0, 0.1) is 0 Å². The number of carbonyl (C=O) groups excluding carboxylic acids is 1. The van der Waals surface area contributed by atoms with Crippen molar-refractivity contribution in [3.63, 3.8) is 0 Å². The molecule has 0 aliphatic rings. The van der Waals surface area contributed by atoms with Crippen LogP contribution in [0.3, 0.4) is 0 Å². The molecular formula is C12H19N3O3S. The molecule has 6 nitrogen and oxygen atoms in total. The van der Waals surface area contributed by atoms with Gasteiger partial charge in [-0.3, -0.25) is 4.79 Å². The first-order valence-electron chi connectivity index (χ1n) is 5.90. The Morgan fingerprint density at radius 1 is 1.32 bits per heavy atom. The maximum Gasteiger partial charge on any atom is 0.240 e. The first-order chi connectivity index (χ1) is 8.81. The Morgan fingerprint density at radius 3 is 2.37 bits per heavy atom. The highest BCUT2D eigenvalue weighted by Gasteiger charge is 2.13. The van der Waals surface area contributed by atoms with Crippen molar-refractivity contribution in [2.75, 3.05) is 6.54 Å². The highest BCUT2D eigenvalue weighted by Crippen LogP contribution is 2.10. The Kier molecular flexibility index (Phi) is 5.46. The fraction of sp³-hybridized carbons (Fsp3) is 0.417. The summed E-state index contributed by atoms with van der Waals surface area (Å²) in [5.74, 6) is -0.129. The van der Waals surface area contributed by atoms with Crippen molar-refractivity contribution < 1.29 is 13.2 Å². The van der Waals surface area contributed by atoms with Gasteiger partial charge >= 0.3 is 0 Å². The summed E-state index contributed by atoms with van der Waals surface area (Å²) < 4.78 is 26.2. The molecule has 0 spiro atoms. The van der Waals surface area contributed by atoms with E-state index in [1.54, 1.807) is 19.1 Å². The predicted molar refractivity (Wildman–Crippen MR) is 72.8 cm³/mol. The Morgan fingerprint density at radius 2 is 1.89 bits per heavy atom. The van der Waals surface area contributed by atoms with Gasteiger partial charge in [-0.2, -0.15) is 0 Å². The summed E-state index contributed by atoms with van der Waals surface area (Å²) in [5.41, 5.74) is 6.34. The van der Waals surface area contributed by atoms with Crippen molar-refractivity contribution in [1.29, 1.82) is 0 Å². The summed E-state index contributed by atoms with van der Waals surface area (Å²) in [4.78, 5) is 10.9. The predicted octanol–water partition coefficient (Wildman–Crippen LogP) is -0.0518. The molecule has 0 aliphatic carbocycles. The van der Waals surface area contributed by atoms with E-state index in [0.29, 0.717) is 6.54 Å². The number of carbonyl (C=O) groups is 1. The minimum atomic E-state index is -3.52. The molecular weight excluding hydrogens is 266 g/mol. The number of benzene rings is 1. The van der Waals surface area contributed by atoms with Crippen molar-refractivity contribution >= 4 is 15.9 Å². The normalized spacial score (nSPS) is 13.0. The Labute approximate surface area is 113 Å². The Balaban J connectivity index is 2.72. The van der Waals surface area contributed by atoms with Gasteiger partial charge in [-0.1, -0.05) is 12.1 Å². The molecule has 1 aromatic carbocycles. The topological polar surface area (TPSA) is 101 Å². The van der Waals surface area contributed by atoms with Gasteiger partial charge in [-0.15, -0.1) is 0 Å². The molecule has 4 N–H and O–H groups in total. The highest BCUT2D eigenvalue weighted by molar-refractivity contribution is 7.89. The Hall–Kier alpha value is -1.44. The number of nitrogens with two attached hydrogens (primary N) is 1. The van der Waals surface area contributed by atoms with Crippen molar-refractivity contribution in [3.8, 4) is 0 Å². The van der Waals surface area contributed by atoms with Crippen LogP contribution in [0.4, 0.5) is 0 Å². The molecule has 0 aromatic heterocycles. The van der Waals surface area contributed by atoms with Crippen LogP contribution in [-0.4, -0.2) is 26.9 Å². The first-order valence-corrected chi connectivity index (χ1v) is 7.38. The molecule has 0 saturated carbocycles. The van der Waals surface area contributed by atoms with Crippen LogP contribution in [0.1, 0.15) is 19.4 Å². The maximum absolute atomic E-state index is 11.9. The quantitative estimate of drug-likeness (QED) is 0.682. The number of amides is 1. The molecule has 0 heterocycles. The third kappa shape index (κ3) is 5.37. The fourth-order valence-electron chi connectivity index (χ4n) is 1.34. The van der Waals surface area contributed by atoms with E-state index in [1.165, 1.54) is 19.1 Å². The molecule has 0 bridgehead atoms. The summed E-state index contributed by atoms with van der Waals surface area (Å²) in [6.07, 6.45) is 0. The van der Waals surface area contributed by atoms with Crippen molar-refractivity contribution in [1.82, 2.24) is 10.0 Å². The van der Waals surface area contributed by atoms with Crippen LogP contribution < -0.4 is 15.8 Å². The van der Waals surface area contributed by atoms with Crippen LogP contribution in [0.5, 0.6) is 0 Å². The Bertz CT molecular complexity index is 524. The molecule has 1 rings (SSSR count). The number of hydrogen-bond acceptors (Lipinski definition) is 4. The van der Waals surface area contributed by atoms with E-state index in [9.17, 15) is 13.2 Å². The monoisotopic (exact) mass is 285 g/mol. The molecule has 19 heavy (non-hydrogen) atoms. The van der Waals surface area contributed by atoms with E-state index < -0.39 is 10.0 Å². The SMILES string of the molecule is CC(=O)NCc1ccc(S(=O)(=O)NCC(C)N)cc1. The number of hydrogen-bond donors (Lipinski definition) is 3. The molecule has 106 valence electrons. The number of rotatable bonds is 6. The van der Waals surface area contributed by atoms with E-state index in [0.717, 1.165) is 5.56 Å². The maximum atomic E-state index is 11.9. The van der Waals surface area contributed by atoms with Gasteiger partial charge in [0.05, 0.1) is 4.90 Å². The van der Waals surface area contributed by atoms with Crippen LogP contribution in [0.2, 0.25) is 0 Å². The molecule has 1 atom stereocenters. The zero-order chi connectivity index (χ0) is 14.5. The largest absolute Gasteiger partial charge is 0.352 e. The minimum absolute atomic E-state index is 0.129. The average molecular weight is 285 g/mol. The molecule has 1 aromatic rings. The molecule has 1 amide bonds. The second-order valence-electron chi connectivity index (χ2n) is 4.38. The zero-order valence-electron chi connectivity index (χ0n) is 11.0. The molecule has 1 unspecified atom stereocenters. The summed E-state index contributed by atoms with van der Waals surface area (Å²) in [5, 5.41) is 2.64. The van der Waals surface area contributed by atoms with E-state index in [1.807, 2.05) is 0 Å². The van der Waals surface area contributed by atoms with Gasteiger partial charge in [0.25, 0.3) is 0 Å². The van der Waals surface area contributed by atoms with Gasteiger partial charge in [0.15, 0.2) is 0 Å². The molecule has 0 radical (unpaired) electrons. The van der Waals surface area contributed by atoms with Crippen molar-refractivity contribution in [2.45, 2.75) is 31.3 Å². The summed E-state index contributed by atoms with van der Waals surface area (Å²) in [7, 11) is -3.52. The first kappa shape index (κ1) is 15.6. The lowest BCUT2D eigenvalue weighted by atomic mass is 10.2. The lowest BCUT2D eigenvalue weighted by Crippen LogP contribution is -2.35. The van der Waals surface area contributed by atoms with Crippen LogP contribution in [0.25, 0.3) is 0 Å². The smallest absolute Gasteiger partial charge is 0.240 e. The zero-order valence-corrected chi connectivity index (χ0v) is 11.8. The van der Waals surface area contributed by atoms with Crippen molar-refractivity contribution in [3.05, 3.63) is 29.8 Å². The van der Waals surface area contributed by atoms with Crippen LogP contribution in [0.15, 0.2) is 29.2 Å². The third-order valence-electron chi connectivity index (χ3n) is 2.37. The second-order valence-corrected chi connectivity index (χ2v) is 6.15. The van der Waals surface area contributed by atoms with Crippen molar-refractivity contribution in [2.24, 2.45) is 5.73 Å². The highest BCUT2D eigenvalue weighted by atomic mass is 32.2. The van der Waals surface area contributed by atoms with Gasteiger partial charge in [-0.25, -0.2) is 13.1 Å². The minimum Gasteiger partial charge on any atom is -0.352 e. The average Bonchev–Trinajstić information content (AvgIpc) is 2.34. The number of sulfonamides is 1. The summed E-state index contributed by atoms with van der Waals surface area (Å²) >= 11 is 0. The molecule has 7 heteroatoms. The van der Waals surface area contributed by atoms with Gasteiger partial charge in [0.2, 0.25) is 15.9 Å². The molecule has 0 saturated heterocycles.